The number of nitrogens with one attached hydrogen (secondary N) is 2. The summed E-state index contributed by atoms with van der Waals surface area (Å²) in [7, 11) is 0. The Labute approximate surface area is 120 Å². The molecule has 0 bridgehead atoms. The van der Waals surface area contributed by atoms with Crippen LogP contribution in [0, 0.1) is 0 Å². The molecule has 2 heterocycles. The number of hydrogen-bond acceptors (Lipinski definition) is 3. The highest BCUT2D eigenvalue weighted by Gasteiger charge is 2.26. The Morgan fingerprint density at radius 2 is 2.05 bits per heavy atom. The van der Waals surface area contributed by atoms with E-state index in [4.69, 9.17) is 0 Å². The average molecular weight is 273 g/mol. The lowest BCUT2D eigenvalue weighted by Crippen LogP contribution is -2.39. The van der Waals surface area contributed by atoms with Crippen LogP contribution in [-0.2, 0) is 0 Å². The third-order valence-corrected chi connectivity index (χ3v) is 4.35. The standard InChI is InChI=1S/C16H23N3O/c1-12-6-3-2-4-11-19(12)16(20)13-7-5-8-14-15(13)18-10-9-17-14/h5,7-8,12,17-18H,2-4,6,9-11H2,1H3. The molecular weight excluding hydrogens is 250 g/mol. The molecule has 0 radical (unpaired) electrons. The van der Waals surface area contributed by atoms with Crippen LogP contribution in [0.5, 0.6) is 0 Å². The van der Waals surface area contributed by atoms with E-state index in [1.54, 1.807) is 0 Å². The number of carbonyl (C=O) groups is 1. The van der Waals surface area contributed by atoms with E-state index in [-0.39, 0.29) is 5.91 Å². The molecule has 2 aliphatic heterocycles. The predicted octanol–water partition coefficient (Wildman–Crippen LogP) is 2.93. The first-order valence-electron chi connectivity index (χ1n) is 7.69. The number of nitrogens with zero attached hydrogens (tertiary/aromatic N) is 1. The summed E-state index contributed by atoms with van der Waals surface area (Å²) < 4.78 is 0. The Kier molecular flexibility index (Phi) is 3.81. The molecule has 3 rings (SSSR count). The fourth-order valence-corrected chi connectivity index (χ4v) is 3.18. The minimum Gasteiger partial charge on any atom is -0.382 e. The minimum absolute atomic E-state index is 0.174. The number of rotatable bonds is 1. The number of carbonyl (C=O) groups excluding carboxylic acids is 1. The Morgan fingerprint density at radius 3 is 2.95 bits per heavy atom. The smallest absolute Gasteiger partial charge is 0.256 e. The van der Waals surface area contributed by atoms with Crippen LogP contribution in [-0.4, -0.2) is 36.5 Å². The van der Waals surface area contributed by atoms with E-state index in [0.29, 0.717) is 6.04 Å². The highest BCUT2D eigenvalue weighted by Crippen LogP contribution is 2.30. The second kappa shape index (κ2) is 5.73. The fraction of sp³-hybridized carbons (Fsp3) is 0.562. The van der Waals surface area contributed by atoms with Crippen molar-refractivity contribution in [1.29, 1.82) is 0 Å². The van der Waals surface area contributed by atoms with Crippen LogP contribution < -0.4 is 10.6 Å². The molecule has 4 heteroatoms. The number of para-hydroxylation sites is 1. The van der Waals surface area contributed by atoms with Gasteiger partial charge >= 0.3 is 0 Å². The molecule has 0 spiro atoms. The highest BCUT2D eigenvalue weighted by atomic mass is 16.2. The van der Waals surface area contributed by atoms with Crippen LogP contribution in [0.15, 0.2) is 18.2 Å². The lowest BCUT2D eigenvalue weighted by atomic mass is 10.1. The number of amides is 1. The maximum Gasteiger partial charge on any atom is 0.256 e. The zero-order chi connectivity index (χ0) is 13.9. The summed E-state index contributed by atoms with van der Waals surface area (Å²) in [5, 5.41) is 6.72. The number of anilines is 2. The lowest BCUT2D eigenvalue weighted by molar-refractivity contribution is 0.0699. The van der Waals surface area contributed by atoms with Gasteiger partial charge in [0.2, 0.25) is 0 Å². The van der Waals surface area contributed by atoms with Gasteiger partial charge in [-0.25, -0.2) is 0 Å². The van der Waals surface area contributed by atoms with Gasteiger partial charge in [0.1, 0.15) is 0 Å². The summed E-state index contributed by atoms with van der Waals surface area (Å²) >= 11 is 0. The maximum absolute atomic E-state index is 12.9. The quantitative estimate of drug-likeness (QED) is 0.827. The normalized spacial score (nSPS) is 22.2. The predicted molar refractivity (Wildman–Crippen MR) is 82.4 cm³/mol. The summed E-state index contributed by atoms with van der Waals surface area (Å²) in [6.45, 7) is 4.83. The molecule has 0 aliphatic carbocycles. The maximum atomic E-state index is 12.9. The van der Waals surface area contributed by atoms with Crippen molar-refractivity contribution in [1.82, 2.24) is 4.90 Å². The van der Waals surface area contributed by atoms with E-state index in [9.17, 15) is 4.79 Å². The van der Waals surface area contributed by atoms with E-state index in [0.717, 1.165) is 49.4 Å². The average Bonchev–Trinajstić information content (AvgIpc) is 2.70. The van der Waals surface area contributed by atoms with Crippen molar-refractivity contribution in [2.45, 2.75) is 38.6 Å². The van der Waals surface area contributed by atoms with Gasteiger partial charge in [-0.3, -0.25) is 4.79 Å². The van der Waals surface area contributed by atoms with Crippen molar-refractivity contribution in [3.05, 3.63) is 23.8 Å². The summed E-state index contributed by atoms with van der Waals surface area (Å²) in [6.07, 6.45) is 4.71. The molecule has 1 saturated heterocycles. The molecular formula is C16H23N3O. The molecule has 2 aliphatic rings. The van der Waals surface area contributed by atoms with E-state index in [2.05, 4.69) is 22.5 Å². The minimum atomic E-state index is 0.174. The number of likely N-dealkylation sites (tertiary alicyclic amines) is 1. The van der Waals surface area contributed by atoms with E-state index in [1.165, 1.54) is 12.8 Å². The molecule has 1 amide bonds. The zero-order valence-electron chi connectivity index (χ0n) is 12.1. The molecule has 2 N–H and O–H groups in total. The third kappa shape index (κ3) is 2.47. The summed E-state index contributed by atoms with van der Waals surface area (Å²) in [4.78, 5) is 14.9. The van der Waals surface area contributed by atoms with Gasteiger partial charge < -0.3 is 15.5 Å². The van der Waals surface area contributed by atoms with Gasteiger partial charge in [0.15, 0.2) is 0 Å². The lowest BCUT2D eigenvalue weighted by Gasteiger charge is -2.29. The fourth-order valence-electron chi connectivity index (χ4n) is 3.18. The Morgan fingerprint density at radius 1 is 1.20 bits per heavy atom. The van der Waals surface area contributed by atoms with Gasteiger partial charge in [-0.2, -0.15) is 0 Å². The summed E-state index contributed by atoms with van der Waals surface area (Å²) in [6, 6.07) is 6.29. The molecule has 1 fully saturated rings. The molecule has 4 nitrogen and oxygen atoms in total. The Bertz CT molecular complexity index is 500. The SMILES string of the molecule is CC1CCCCCN1C(=O)c1cccc2c1NCCN2. The Hall–Kier alpha value is -1.71. The van der Waals surface area contributed by atoms with Crippen molar-refractivity contribution in [3.63, 3.8) is 0 Å². The first-order chi connectivity index (χ1) is 9.77. The summed E-state index contributed by atoms with van der Waals surface area (Å²) in [5.41, 5.74) is 2.83. The molecule has 1 aromatic rings. The van der Waals surface area contributed by atoms with Crippen molar-refractivity contribution in [2.24, 2.45) is 0 Å². The number of hydrogen-bond donors (Lipinski definition) is 2. The van der Waals surface area contributed by atoms with Crippen LogP contribution in [0.3, 0.4) is 0 Å². The number of benzene rings is 1. The molecule has 0 aromatic heterocycles. The first kappa shape index (κ1) is 13.3. The third-order valence-electron chi connectivity index (χ3n) is 4.35. The zero-order valence-corrected chi connectivity index (χ0v) is 12.1. The van der Waals surface area contributed by atoms with Gasteiger partial charge in [-0.1, -0.05) is 18.9 Å². The molecule has 1 aromatic carbocycles. The molecule has 20 heavy (non-hydrogen) atoms. The van der Waals surface area contributed by atoms with Crippen LogP contribution in [0.4, 0.5) is 11.4 Å². The second-order valence-electron chi connectivity index (χ2n) is 5.78. The van der Waals surface area contributed by atoms with Crippen LogP contribution in [0.25, 0.3) is 0 Å². The Balaban J connectivity index is 1.90. The van der Waals surface area contributed by atoms with Crippen molar-refractivity contribution in [3.8, 4) is 0 Å². The monoisotopic (exact) mass is 273 g/mol. The van der Waals surface area contributed by atoms with Crippen molar-refractivity contribution >= 4 is 17.3 Å². The highest BCUT2D eigenvalue weighted by molar-refractivity contribution is 6.03. The first-order valence-corrected chi connectivity index (χ1v) is 7.69. The number of fused-ring (bicyclic) bond motifs is 1. The van der Waals surface area contributed by atoms with Crippen LogP contribution in [0.2, 0.25) is 0 Å². The molecule has 1 unspecified atom stereocenters. The van der Waals surface area contributed by atoms with Gasteiger partial charge in [0.25, 0.3) is 5.91 Å². The van der Waals surface area contributed by atoms with Crippen LogP contribution >= 0.6 is 0 Å². The van der Waals surface area contributed by atoms with Crippen molar-refractivity contribution in [2.75, 3.05) is 30.3 Å². The van der Waals surface area contributed by atoms with Gasteiger partial charge in [-0.05, 0) is 31.9 Å². The van der Waals surface area contributed by atoms with E-state index >= 15 is 0 Å². The summed E-state index contributed by atoms with van der Waals surface area (Å²) in [5.74, 6) is 0.174. The van der Waals surface area contributed by atoms with Gasteiger partial charge in [-0.15, -0.1) is 0 Å². The van der Waals surface area contributed by atoms with E-state index < -0.39 is 0 Å². The molecule has 1 atom stereocenters. The van der Waals surface area contributed by atoms with Gasteiger partial charge in [0, 0.05) is 25.7 Å². The van der Waals surface area contributed by atoms with E-state index in [1.807, 2.05) is 18.2 Å². The topological polar surface area (TPSA) is 44.4 Å². The molecule has 0 saturated carbocycles. The van der Waals surface area contributed by atoms with Crippen LogP contribution in [0.1, 0.15) is 43.0 Å². The van der Waals surface area contributed by atoms with Crippen molar-refractivity contribution < 1.29 is 4.79 Å². The second-order valence-corrected chi connectivity index (χ2v) is 5.78. The van der Waals surface area contributed by atoms with Gasteiger partial charge in [0.05, 0.1) is 16.9 Å². The molecule has 108 valence electrons. The largest absolute Gasteiger partial charge is 0.382 e.